The molecule has 8 aromatic rings. The van der Waals surface area contributed by atoms with Crippen LogP contribution in [0.25, 0.3) is 21.8 Å². The van der Waals surface area contributed by atoms with Crippen molar-refractivity contribution in [2.45, 2.75) is 45.1 Å². The number of ether oxygens (including phenoxy) is 2. The Kier molecular flexibility index (Phi) is 17.7. The second-order valence-corrected chi connectivity index (χ2v) is 17.1. The van der Waals surface area contributed by atoms with Gasteiger partial charge in [-0.3, -0.25) is 27.9 Å². The maximum absolute atomic E-state index is 13.5. The molecule has 0 bridgehead atoms. The second-order valence-electron chi connectivity index (χ2n) is 15.8. The van der Waals surface area contributed by atoms with Gasteiger partial charge in [-0.25, -0.2) is 22.8 Å². The molecular formula is C51H45F6IN4O9. The monoisotopic (exact) mass is 1100 g/mol. The molecule has 0 aliphatic rings. The first-order valence-electron chi connectivity index (χ1n) is 21.6. The molecule has 0 aliphatic carbocycles. The molecule has 0 saturated carbocycles. The van der Waals surface area contributed by atoms with Crippen molar-refractivity contribution in [3.63, 3.8) is 0 Å². The molecule has 0 spiro atoms. The molecule has 13 nitrogen and oxygen atoms in total. The quantitative estimate of drug-likeness (QED) is 0.0759. The standard InChI is InChI=1S/C26H22F4N2O5.C19H19FN2O4.C6H4FI/c1-31-21-10-11-22(36-18-4-2-5-19(15-18)37-26(28,29)30)20(14-16-6-8-17(27)9-7-16)23(21)24(34)32(25(31)35)12-3-13-33;1-21-15-7-8-16(24)14(11-12-3-5-13(20)6-4-12)17(15)18(25)22(19(21)26)9-2-10-23;7-5-2-1-3-6(8)4-5/h2,4-11,15,33H,3,12-14H2,1H3;3-8,23-24H,2,9-11H2,1H3;1-4H. The smallest absolute Gasteiger partial charge is 0.508 e. The average molecular weight is 1100 g/mol. The predicted octanol–water partition coefficient (Wildman–Crippen LogP) is 8.45. The lowest BCUT2D eigenvalue weighted by Crippen LogP contribution is -2.39. The van der Waals surface area contributed by atoms with Crippen LogP contribution in [0.5, 0.6) is 23.0 Å². The molecule has 20 heteroatoms. The number of rotatable bonds is 13. The molecule has 71 heavy (non-hydrogen) atoms. The summed E-state index contributed by atoms with van der Waals surface area (Å²) in [5, 5.41) is 29.0. The Morgan fingerprint density at radius 1 is 0.577 bits per heavy atom. The summed E-state index contributed by atoms with van der Waals surface area (Å²) in [6.45, 7) is -0.300. The topological polar surface area (TPSA) is 167 Å². The minimum atomic E-state index is -4.89. The molecular weight excluding hydrogens is 1050 g/mol. The van der Waals surface area contributed by atoms with Crippen LogP contribution in [0.4, 0.5) is 26.3 Å². The summed E-state index contributed by atoms with van der Waals surface area (Å²) in [6, 6.07) is 28.7. The maximum atomic E-state index is 13.5. The Bertz CT molecular complexity index is 3390. The number of phenols is 1. The first-order valence-corrected chi connectivity index (χ1v) is 22.7. The van der Waals surface area contributed by atoms with Crippen LogP contribution in [0.1, 0.15) is 35.1 Å². The van der Waals surface area contributed by atoms with Crippen LogP contribution < -0.4 is 32.0 Å². The molecule has 2 heterocycles. The molecule has 6 aromatic carbocycles. The van der Waals surface area contributed by atoms with E-state index < -0.39 is 40.4 Å². The summed E-state index contributed by atoms with van der Waals surface area (Å²) in [7, 11) is 3.05. The van der Waals surface area contributed by atoms with E-state index in [2.05, 4.69) is 27.3 Å². The fraction of sp³-hybridized carbons (Fsp3) is 0.216. The first kappa shape index (κ1) is 53.2. The fourth-order valence-electron chi connectivity index (χ4n) is 7.53. The van der Waals surface area contributed by atoms with Crippen molar-refractivity contribution in [2.24, 2.45) is 14.1 Å². The number of aliphatic hydroxyl groups is 2. The highest BCUT2D eigenvalue weighted by Gasteiger charge is 2.31. The van der Waals surface area contributed by atoms with E-state index in [4.69, 9.17) is 9.84 Å². The van der Waals surface area contributed by atoms with Crippen LogP contribution in [-0.2, 0) is 40.0 Å². The lowest BCUT2D eigenvalue weighted by atomic mass is 9.99. The van der Waals surface area contributed by atoms with Gasteiger partial charge in [0.15, 0.2) is 0 Å². The number of aromatic hydroxyl groups is 1. The minimum Gasteiger partial charge on any atom is -0.508 e. The van der Waals surface area contributed by atoms with Crippen LogP contribution in [-0.4, -0.2) is 53.2 Å². The predicted molar refractivity (Wildman–Crippen MR) is 263 cm³/mol. The fourth-order valence-corrected chi connectivity index (χ4v) is 8.03. The highest BCUT2D eigenvalue weighted by molar-refractivity contribution is 14.1. The number of hydrogen-bond donors (Lipinski definition) is 3. The summed E-state index contributed by atoms with van der Waals surface area (Å²) in [6.07, 6.45) is -4.13. The summed E-state index contributed by atoms with van der Waals surface area (Å²) >= 11 is 2.07. The summed E-state index contributed by atoms with van der Waals surface area (Å²) in [4.78, 5) is 51.7. The van der Waals surface area contributed by atoms with E-state index in [1.807, 2.05) is 6.07 Å². The van der Waals surface area contributed by atoms with Crippen LogP contribution in [0.3, 0.4) is 0 Å². The Hall–Kier alpha value is -7.17. The zero-order valence-electron chi connectivity index (χ0n) is 37.9. The molecule has 0 radical (unpaired) electrons. The first-order chi connectivity index (χ1) is 33.8. The van der Waals surface area contributed by atoms with E-state index in [-0.39, 0.29) is 91.6 Å². The van der Waals surface area contributed by atoms with Crippen molar-refractivity contribution in [2.75, 3.05) is 13.2 Å². The number of nitrogens with zero attached hydrogens (tertiary/aromatic N) is 4. The van der Waals surface area contributed by atoms with Gasteiger partial charge < -0.3 is 24.8 Å². The zero-order chi connectivity index (χ0) is 51.6. The van der Waals surface area contributed by atoms with Gasteiger partial charge in [0.1, 0.15) is 40.4 Å². The Labute approximate surface area is 413 Å². The van der Waals surface area contributed by atoms with E-state index >= 15 is 0 Å². The minimum absolute atomic E-state index is 0.0180. The number of aliphatic hydroxyl groups excluding tert-OH is 2. The Balaban J connectivity index is 0.000000209. The third-order valence-corrected chi connectivity index (χ3v) is 11.6. The zero-order valence-corrected chi connectivity index (χ0v) is 40.1. The van der Waals surface area contributed by atoms with E-state index in [1.165, 1.54) is 101 Å². The number of aromatic nitrogens is 4. The number of hydrogen-bond acceptors (Lipinski definition) is 9. The third-order valence-electron chi connectivity index (χ3n) is 10.9. The molecule has 3 N–H and O–H groups in total. The van der Waals surface area contributed by atoms with Gasteiger partial charge in [0.25, 0.3) is 11.1 Å². The van der Waals surface area contributed by atoms with Crippen LogP contribution in [0.15, 0.2) is 141 Å². The van der Waals surface area contributed by atoms with Gasteiger partial charge in [-0.05, 0) is 125 Å². The summed E-state index contributed by atoms with van der Waals surface area (Å²) in [5.74, 6) is -1.36. The van der Waals surface area contributed by atoms with Crippen molar-refractivity contribution in [1.82, 2.24) is 18.3 Å². The SMILES string of the molecule is Cn1c(=O)n(CCCO)c(=O)c2c(Cc3ccc(F)cc3)c(O)ccc21.Cn1c(=O)n(CCCO)c(=O)c2c(Cc3ccc(F)cc3)c(Oc3cccc(OC(F)(F)F)c3)ccc21.Fc1cccc(I)c1. The average Bonchev–Trinajstić information content (AvgIpc) is 3.32. The van der Waals surface area contributed by atoms with E-state index in [0.29, 0.717) is 27.7 Å². The lowest BCUT2D eigenvalue weighted by molar-refractivity contribution is -0.274. The van der Waals surface area contributed by atoms with Crippen molar-refractivity contribution < 1.29 is 51.1 Å². The number of aryl methyl sites for hydroxylation is 2. The lowest BCUT2D eigenvalue weighted by Gasteiger charge is -2.17. The van der Waals surface area contributed by atoms with Crippen LogP contribution in [0.2, 0.25) is 0 Å². The Morgan fingerprint density at radius 3 is 1.54 bits per heavy atom. The molecule has 0 atom stereocenters. The Morgan fingerprint density at radius 2 is 1.06 bits per heavy atom. The molecule has 0 unspecified atom stereocenters. The summed E-state index contributed by atoms with van der Waals surface area (Å²) in [5.41, 5.74) is 0.653. The second kappa shape index (κ2) is 23.6. The van der Waals surface area contributed by atoms with Crippen molar-refractivity contribution >= 4 is 44.4 Å². The summed E-state index contributed by atoms with van der Waals surface area (Å²) < 4.78 is 92.4. The number of halogens is 7. The molecule has 372 valence electrons. The van der Waals surface area contributed by atoms with Gasteiger partial charge in [0, 0.05) is 74.0 Å². The van der Waals surface area contributed by atoms with E-state index in [0.717, 1.165) is 30.4 Å². The van der Waals surface area contributed by atoms with Crippen LogP contribution >= 0.6 is 22.6 Å². The van der Waals surface area contributed by atoms with Crippen molar-refractivity contribution in [3.8, 4) is 23.0 Å². The third kappa shape index (κ3) is 13.4. The van der Waals surface area contributed by atoms with Gasteiger partial charge >= 0.3 is 17.7 Å². The number of benzene rings is 6. The van der Waals surface area contributed by atoms with Gasteiger partial charge in [-0.1, -0.05) is 36.4 Å². The molecule has 0 fully saturated rings. The number of phenolic OH excluding ortho intramolecular Hbond substituents is 1. The van der Waals surface area contributed by atoms with E-state index in [1.54, 1.807) is 25.2 Å². The number of fused-ring (bicyclic) bond motifs is 2. The normalized spacial score (nSPS) is 11.2. The molecule has 0 saturated heterocycles. The molecule has 8 rings (SSSR count). The van der Waals surface area contributed by atoms with Crippen molar-refractivity contribution in [3.05, 3.63) is 206 Å². The highest BCUT2D eigenvalue weighted by atomic mass is 127. The van der Waals surface area contributed by atoms with Crippen molar-refractivity contribution in [1.29, 1.82) is 0 Å². The van der Waals surface area contributed by atoms with Gasteiger partial charge in [-0.15, -0.1) is 13.2 Å². The molecule has 0 aliphatic heterocycles. The van der Waals surface area contributed by atoms with E-state index in [9.17, 15) is 55.7 Å². The highest BCUT2D eigenvalue weighted by Crippen LogP contribution is 2.34. The largest absolute Gasteiger partial charge is 0.573 e. The van der Waals surface area contributed by atoms with Crippen LogP contribution in [0, 0.1) is 21.0 Å². The molecule has 2 aromatic heterocycles. The van der Waals surface area contributed by atoms with Gasteiger partial charge in [0.2, 0.25) is 0 Å². The maximum Gasteiger partial charge on any atom is 0.573 e. The molecule has 0 amide bonds. The van der Waals surface area contributed by atoms with Gasteiger partial charge in [0.05, 0.1) is 21.8 Å². The number of alkyl halides is 3. The van der Waals surface area contributed by atoms with Gasteiger partial charge in [-0.2, -0.15) is 0 Å².